The topological polar surface area (TPSA) is 47.0 Å². The number of aryl methyl sites for hydroxylation is 1. The van der Waals surface area contributed by atoms with Crippen LogP contribution < -0.4 is 10.1 Å². The van der Waals surface area contributed by atoms with E-state index in [9.17, 15) is 0 Å². The fourth-order valence-corrected chi connectivity index (χ4v) is 2.12. The van der Waals surface area contributed by atoms with Crippen molar-refractivity contribution in [2.45, 2.75) is 27.2 Å². The number of para-hydroxylation sites is 1. The van der Waals surface area contributed by atoms with Crippen LogP contribution in [0.1, 0.15) is 24.7 Å². The molecule has 106 valence electrons. The van der Waals surface area contributed by atoms with Gasteiger partial charge in [0.25, 0.3) is 0 Å². The molecule has 1 aromatic carbocycles. The average Bonchev–Trinajstić information content (AvgIpc) is 2.43. The second-order valence-electron chi connectivity index (χ2n) is 4.51. The number of benzene rings is 1. The maximum absolute atomic E-state index is 5.90. The molecule has 0 atom stereocenters. The fourth-order valence-electron chi connectivity index (χ4n) is 1.75. The highest BCUT2D eigenvalue weighted by atomic mass is 79.9. The molecule has 4 nitrogen and oxygen atoms in total. The van der Waals surface area contributed by atoms with Gasteiger partial charge in [-0.25, -0.2) is 4.98 Å². The van der Waals surface area contributed by atoms with Gasteiger partial charge in [-0.15, -0.1) is 0 Å². The Morgan fingerprint density at radius 2 is 1.95 bits per heavy atom. The number of nitrogens with zero attached hydrogens (tertiary/aromatic N) is 2. The van der Waals surface area contributed by atoms with E-state index in [4.69, 9.17) is 4.74 Å². The average molecular weight is 336 g/mol. The molecule has 0 aliphatic carbocycles. The first-order valence-corrected chi connectivity index (χ1v) is 7.42. The summed E-state index contributed by atoms with van der Waals surface area (Å²) in [5.74, 6) is 2.86. The molecule has 0 spiro atoms. The van der Waals surface area contributed by atoms with Crippen molar-refractivity contribution in [1.82, 2.24) is 9.97 Å². The lowest BCUT2D eigenvalue weighted by atomic mass is 10.3. The molecule has 0 saturated carbocycles. The Labute approximate surface area is 127 Å². The molecule has 0 aliphatic heterocycles. The van der Waals surface area contributed by atoms with E-state index in [1.54, 1.807) is 0 Å². The Bertz CT molecular complexity index is 602. The van der Waals surface area contributed by atoms with Gasteiger partial charge in [-0.05, 0) is 48.3 Å². The normalized spacial score (nSPS) is 10.4. The third kappa shape index (κ3) is 3.48. The fraction of sp³-hybridized carbons (Fsp3) is 0.333. The first-order chi connectivity index (χ1) is 9.61. The van der Waals surface area contributed by atoms with Gasteiger partial charge in [-0.1, -0.05) is 19.1 Å². The number of hydrogen-bond donors (Lipinski definition) is 1. The van der Waals surface area contributed by atoms with Crippen molar-refractivity contribution in [3.05, 3.63) is 40.1 Å². The zero-order valence-corrected chi connectivity index (χ0v) is 13.5. The molecule has 1 heterocycles. The summed E-state index contributed by atoms with van der Waals surface area (Å²) in [7, 11) is 0. The standard InChI is InChI=1S/C15H18BrN3O/c1-4-9-17-14-10(2)15(19-11(3)18-14)20-13-8-6-5-7-12(13)16/h5-8H,4,9H2,1-3H3,(H,17,18,19). The number of aromatic nitrogens is 2. The Hall–Kier alpha value is -1.62. The smallest absolute Gasteiger partial charge is 0.227 e. The van der Waals surface area contributed by atoms with Gasteiger partial charge in [-0.3, -0.25) is 0 Å². The van der Waals surface area contributed by atoms with Crippen molar-refractivity contribution in [3.8, 4) is 11.6 Å². The van der Waals surface area contributed by atoms with E-state index in [0.717, 1.165) is 34.6 Å². The number of ether oxygens (including phenoxy) is 1. The Kier molecular flexibility index (Phi) is 4.95. The van der Waals surface area contributed by atoms with Gasteiger partial charge in [0.15, 0.2) is 0 Å². The number of rotatable bonds is 5. The number of halogens is 1. The second-order valence-corrected chi connectivity index (χ2v) is 5.36. The predicted molar refractivity (Wildman–Crippen MR) is 84.5 cm³/mol. The van der Waals surface area contributed by atoms with Crippen LogP contribution in [0.15, 0.2) is 28.7 Å². The maximum Gasteiger partial charge on any atom is 0.227 e. The largest absolute Gasteiger partial charge is 0.437 e. The van der Waals surface area contributed by atoms with Gasteiger partial charge in [0, 0.05) is 6.54 Å². The maximum atomic E-state index is 5.90. The minimum absolute atomic E-state index is 0.586. The summed E-state index contributed by atoms with van der Waals surface area (Å²) in [6.07, 6.45) is 1.04. The molecule has 0 fully saturated rings. The van der Waals surface area contributed by atoms with Crippen LogP contribution in [0.4, 0.5) is 5.82 Å². The third-order valence-electron chi connectivity index (χ3n) is 2.80. The molecule has 0 radical (unpaired) electrons. The van der Waals surface area contributed by atoms with E-state index in [-0.39, 0.29) is 0 Å². The van der Waals surface area contributed by atoms with Gasteiger partial charge in [-0.2, -0.15) is 4.98 Å². The van der Waals surface area contributed by atoms with E-state index in [1.807, 2.05) is 38.1 Å². The van der Waals surface area contributed by atoms with Crippen molar-refractivity contribution >= 4 is 21.7 Å². The molecular formula is C15H18BrN3O. The zero-order chi connectivity index (χ0) is 14.5. The predicted octanol–water partition coefficient (Wildman–Crippen LogP) is 4.47. The zero-order valence-electron chi connectivity index (χ0n) is 11.9. The molecular weight excluding hydrogens is 318 g/mol. The highest BCUT2D eigenvalue weighted by Gasteiger charge is 2.12. The lowest BCUT2D eigenvalue weighted by Gasteiger charge is -2.13. The van der Waals surface area contributed by atoms with E-state index in [0.29, 0.717) is 11.7 Å². The van der Waals surface area contributed by atoms with E-state index < -0.39 is 0 Å². The Balaban J connectivity index is 2.32. The molecule has 1 aromatic heterocycles. The molecule has 2 aromatic rings. The van der Waals surface area contributed by atoms with E-state index in [1.165, 1.54) is 0 Å². The summed E-state index contributed by atoms with van der Waals surface area (Å²) in [5.41, 5.74) is 0.916. The van der Waals surface area contributed by atoms with Crippen LogP contribution in [0, 0.1) is 13.8 Å². The van der Waals surface area contributed by atoms with Gasteiger partial charge >= 0.3 is 0 Å². The van der Waals surface area contributed by atoms with E-state index in [2.05, 4.69) is 38.1 Å². The minimum atomic E-state index is 0.586. The monoisotopic (exact) mass is 335 g/mol. The van der Waals surface area contributed by atoms with Crippen molar-refractivity contribution in [2.75, 3.05) is 11.9 Å². The number of anilines is 1. The van der Waals surface area contributed by atoms with Crippen LogP contribution >= 0.6 is 15.9 Å². The SMILES string of the molecule is CCCNc1nc(C)nc(Oc2ccccc2Br)c1C. The van der Waals surface area contributed by atoms with Crippen LogP contribution in [0.2, 0.25) is 0 Å². The highest BCUT2D eigenvalue weighted by molar-refractivity contribution is 9.10. The lowest BCUT2D eigenvalue weighted by Crippen LogP contribution is -2.07. The van der Waals surface area contributed by atoms with Gasteiger partial charge in [0.2, 0.25) is 5.88 Å². The molecule has 0 amide bonds. The Morgan fingerprint density at radius 1 is 1.20 bits per heavy atom. The van der Waals surface area contributed by atoms with Gasteiger partial charge < -0.3 is 10.1 Å². The summed E-state index contributed by atoms with van der Waals surface area (Å²) in [6.45, 7) is 6.83. The van der Waals surface area contributed by atoms with Gasteiger partial charge in [0.05, 0.1) is 10.0 Å². The van der Waals surface area contributed by atoms with Crippen molar-refractivity contribution in [3.63, 3.8) is 0 Å². The van der Waals surface area contributed by atoms with Crippen molar-refractivity contribution in [2.24, 2.45) is 0 Å². The van der Waals surface area contributed by atoms with Crippen LogP contribution in [-0.2, 0) is 0 Å². The summed E-state index contributed by atoms with van der Waals surface area (Å²) in [6, 6.07) is 7.72. The summed E-state index contributed by atoms with van der Waals surface area (Å²) >= 11 is 3.47. The van der Waals surface area contributed by atoms with Crippen LogP contribution in [0.25, 0.3) is 0 Å². The minimum Gasteiger partial charge on any atom is -0.437 e. The summed E-state index contributed by atoms with van der Waals surface area (Å²) < 4.78 is 6.81. The molecule has 0 saturated heterocycles. The van der Waals surface area contributed by atoms with E-state index >= 15 is 0 Å². The lowest BCUT2D eigenvalue weighted by molar-refractivity contribution is 0.453. The summed E-state index contributed by atoms with van der Waals surface area (Å²) in [4.78, 5) is 8.80. The summed E-state index contributed by atoms with van der Waals surface area (Å²) in [5, 5.41) is 3.30. The first-order valence-electron chi connectivity index (χ1n) is 6.63. The Morgan fingerprint density at radius 3 is 2.65 bits per heavy atom. The second kappa shape index (κ2) is 6.70. The molecule has 5 heteroatoms. The molecule has 2 rings (SSSR count). The molecule has 1 N–H and O–H groups in total. The first kappa shape index (κ1) is 14.8. The molecule has 0 bridgehead atoms. The quantitative estimate of drug-likeness (QED) is 0.875. The number of nitrogens with one attached hydrogen (secondary N) is 1. The van der Waals surface area contributed by atoms with Crippen molar-refractivity contribution in [1.29, 1.82) is 0 Å². The van der Waals surface area contributed by atoms with Crippen LogP contribution in [0.5, 0.6) is 11.6 Å². The van der Waals surface area contributed by atoms with Crippen LogP contribution in [0.3, 0.4) is 0 Å². The highest BCUT2D eigenvalue weighted by Crippen LogP contribution is 2.31. The van der Waals surface area contributed by atoms with Crippen molar-refractivity contribution < 1.29 is 4.74 Å². The van der Waals surface area contributed by atoms with Gasteiger partial charge in [0.1, 0.15) is 17.4 Å². The molecule has 0 unspecified atom stereocenters. The molecule has 0 aliphatic rings. The third-order valence-corrected chi connectivity index (χ3v) is 3.45. The number of hydrogen-bond acceptors (Lipinski definition) is 4. The molecule has 20 heavy (non-hydrogen) atoms. The van der Waals surface area contributed by atoms with Crippen LogP contribution in [-0.4, -0.2) is 16.5 Å².